The molecule has 0 atom stereocenters. The van der Waals surface area contributed by atoms with Gasteiger partial charge in [-0.2, -0.15) is 0 Å². The van der Waals surface area contributed by atoms with Crippen molar-refractivity contribution in [3.63, 3.8) is 0 Å². The quantitative estimate of drug-likeness (QED) is 0.113. The third-order valence-corrected chi connectivity index (χ3v) is 7.86. The summed E-state index contributed by atoms with van der Waals surface area (Å²) in [5.41, 5.74) is 1.12. The molecule has 1 aliphatic rings. The van der Waals surface area contributed by atoms with Crippen LogP contribution < -0.4 is 20.4 Å². The third kappa shape index (κ3) is 5.90. The van der Waals surface area contributed by atoms with Gasteiger partial charge in [0.15, 0.2) is 28.4 Å². The van der Waals surface area contributed by atoms with Gasteiger partial charge in [0, 0.05) is 37.6 Å². The summed E-state index contributed by atoms with van der Waals surface area (Å²) in [7, 11) is 0. The lowest BCUT2D eigenvalue weighted by Gasteiger charge is -2.37. The first kappa shape index (κ1) is 30.0. The van der Waals surface area contributed by atoms with E-state index in [0.29, 0.717) is 5.69 Å². The Morgan fingerprint density at radius 2 is 1.12 bits per heavy atom. The fourth-order valence-electron chi connectivity index (χ4n) is 5.18. The highest BCUT2D eigenvalue weighted by molar-refractivity contribution is 7.80. The van der Waals surface area contributed by atoms with Crippen molar-refractivity contribution >= 4 is 40.3 Å². The highest BCUT2D eigenvalue weighted by Crippen LogP contribution is 2.33. The molecule has 2 N–H and O–H groups in total. The zero-order valence-electron chi connectivity index (χ0n) is 23.0. The van der Waals surface area contributed by atoms with E-state index < -0.39 is 40.2 Å². The molecule has 0 unspecified atom stereocenters. The van der Waals surface area contributed by atoms with Crippen LogP contribution in [0.25, 0.3) is 0 Å². The number of amides is 1. The van der Waals surface area contributed by atoms with Crippen molar-refractivity contribution in [2.24, 2.45) is 0 Å². The highest BCUT2D eigenvalue weighted by atomic mass is 32.1. The van der Waals surface area contributed by atoms with Crippen molar-refractivity contribution in [1.29, 1.82) is 0 Å². The molecule has 43 heavy (non-hydrogen) atoms. The zero-order chi connectivity index (χ0) is 30.7. The van der Waals surface area contributed by atoms with Crippen molar-refractivity contribution in [3.05, 3.63) is 125 Å². The van der Waals surface area contributed by atoms with Crippen molar-refractivity contribution in [2.45, 2.75) is 12.3 Å². The number of nitrogens with one attached hydrogen (secondary N) is 2. The molecular weight excluding hydrogens is 583 g/mol. The van der Waals surface area contributed by atoms with E-state index in [1.165, 1.54) is 0 Å². The van der Waals surface area contributed by atoms with Crippen molar-refractivity contribution < 1.29 is 26.7 Å². The molecule has 0 saturated carbocycles. The van der Waals surface area contributed by atoms with Crippen molar-refractivity contribution in [2.75, 3.05) is 41.3 Å². The molecule has 1 heterocycles. The predicted octanol–water partition coefficient (Wildman–Crippen LogP) is 6.53. The van der Waals surface area contributed by atoms with Crippen molar-refractivity contribution in [3.8, 4) is 0 Å². The smallest absolute Gasteiger partial charge is 0.240 e. The van der Waals surface area contributed by atoms with Crippen LogP contribution in [0.3, 0.4) is 0 Å². The molecule has 5 rings (SSSR count). The van der Waals surface area contributed by atoms with Gasteiger partial charge >= 0.3 is 0 Å². The van der Waals surface area contributed by atoms with E-state index in [9.17, 15) is 26.7 Å². The maximum absolute atomic E-state index is 14.3. The molecule has 1 aliphatic heterocycles. The maximum Gasteiger partial charge on any atom is 0.240 e. The highest BCUT2D eigenvalue weighted by Gasteiger charge is 2.37. The fraction of sp³-hybridized carbons (Fsp3) is 0.188. The van der Waals surface area contributed by atoms with Gasteiger partial charge in [-0.15, -0.1) is 0 Å². The maximum atomic E-state index is 14.3. The van der Waals surface area contributed by atoms with Gasteiger partial charge in [-0.25, -0.2) is 22.0 Å². The van der Waals surface area contributed by atoms with Gasteiger partial charge in [-0.3, -0.25) is 4.79 Å². The van der Waals surface area contributed by atoms with E-state index in [1.54, 1.807) is 24.3 Å². The molecule has 1 saturated heterocycles. The number of carbonyl (C=O) groups is 1. The van der Waals surface area contributed by atoms with Gasteiger partial charge in [0.2, 0.25) is 11.7 Å². The summed E-state index contributed by atoms with van der Waals surface area (Å²) >= 11 is 5.45. The standard InChI is InChI=1S/C32H27F5N4OS/c1-32(20-8-4-2-5-9-20,21-10-6-3-7-11-21)30(42)39-31(43)38-22-12-14-23(15-13-22)40-16-18-41(19-17-40)29-27(36)25(34)24(33)26(35)28(29)37/h2-15H,16-19H2,1H3,(H2,38,39,42,43). The van der Waals surface area contributed by atoms with Gasteiger partial charge in [0.05, 0.1) is 5.41 Å². The van der Waals surface area contributed by atoms with E-state index in [-0.39, 0.29) is 37.2 Å². The summed E-state index contributed by atoms with van der Waals surface area (Å²) in [6, 6.07) is 26.0. The number of hydrogen-bond acceptors (Lipinski definition) is 4. The molecule has 0 aliphatic carbocycles. The fourth-order valence-corrected chi connectivity index (χ4v) is 5.39. The number of hydrogen-bond donors (Lipinski definition) is 2. The number of carbonyl (C=O) groups excluding carboxylic acids is 1. The minimum Gasteiger partial charge on any atom is -0.368 e. The Hall–Kier alpha value is -4.51. The Morgan fingerprint density at radius 3 is 1.60 bits per heavy atom. The first-order chi connectivity index (χ1) is 20.6. The molecule has 4 aromatic carbocycles. The van der Waals surface area contributed by atoms with Crippen LogP contribution in [0, 0.1) is 29.1 Å². The third-order valence-electron chi connectivity index (χ3n) is 7.66. The largest absolute Gasteiger partial charge is 0.368 e. The molecule has 11 heteroatoms. The Kier molecular flexibility index (Phi) is 8.63. The van der Waals surface area contributed by atoms with Gasteiger partial charge < -0.3 is 20.4 Å². The average Bonchev–Trinajstić information content (AvgIpc) is 3.04. The molecule has 4 aromatic rings. The second-order valence-corrected chi connectivity index (χ2v) is 10.6. The molecular formula is C32H27F5N4OS. The Morgan fingerprint density at radius 1 is 0.674 bits per heavy atom. The Balaban J connectivity index is 1.22. The molecule has 0 radical (unpaired) electrons. The van der Waals surface area contributed by atoms with Crippen LogP contribution in [0.5, 0.6) is 0 Å². The van der Waals surface area contributed by atoms with Crippen LogP contribution >= 0.6 is 12.2 Å². The van der Waals surface area contributed by atoms with Crippen LogP contribution in [0.1, 0.15) is 18.1 Å². The number of thiocarbonyl (C=S) groups is 1. The summed E-state index contributed by atoms with van der Waals surface area (Å²) in [5, 5.41) is 5.95. The number of rotatable bonds is 6. The van der Waals surface area contributed by atoms with Crippen LogP contribution in [0.4, 0.5) is 39.0 Å². The monoisotopic (exact) mass is 610 g/mol. The molecule has 5 nitrogen and oxygen atoms in total. The van der Waals surface area contributed by atoms with E-state index >= 15 is 0 Å². The second kappa shape index (κ2) is 12.4. The lowest BCUT2D eigenvalue weighted by atomic mass is 9.75. The zero-order valence-corrected chi connectivity index (χ0v) is 23.8. The lowest BCUT2D eigenvalue weighted by Crippen LogP contribution is -2.47. The molecule has 1 fully saturated rings. The number of benzene rings is 4. The number of piperazine rings is 1. The Labute approximate surface area is 250 Å². The molecule has 0 spiro atoms. The molecule has 0 bridgehead atoms. The minimum atomic E-state index is -2.17. The van der Waals surface area contributed by atoms with Gasteiger partial charge in [0.25, 0.3) is 0 Å². The van der Waals surface area contributed by atoms with Crippen LogP contribution in [0.15, 0.2) is 84.9 Å². The first-order valence-electron chi connectivity index (χ1n) is 13.5. The predicted molar refractivity (Wildman–Crippen MR) is 161 cm³/mol. The summed E-state index contributed by atoms with van der Waals surface area (Å²) in [6.45, 7) is 2.53. The second-order valence-electron chi connectivity index (χ2n) is 10.2. The van der Waals surface area contributed by atoms with E-state index in [4.69, 9.17) is 12.2 Å². The number of halogens is 5. The molecule has 1 amide bonds. The number of anilines is 3. The van der Waals surface area contributed by atoms with Crippen molar-refractivity contribution in [1.82, 2.24) is 5.32 Å². The van der Waals surface area contributed by atoms with Crippen LogP contribution in [-0.2, 0) is 10.2 Å². The van der Waals surface area contributed by atoms with Gasteiger partial charge in [-0.05, 0) is 54.5 Å². The van der Waals surface area contributed by atoms with Crippen LogP contribution in [0.2, 0.25) is 0 Å². The summed E-state index contributed by atoms with van der Waals surface area (Å²) in [6.07, 6.45) is 0. The normalized spacial score (nSPS) is 13.5. The summed E-state index contributed by atoms with van der Waals surface area (Å²) in [4.78, 5) is 16.7. The SMILES string of the molecule is CC(C(=O)NC(=S)Nc1ccc(N2CCN(c3c(F)c(F)c(F)c(F)c3F)CC2)cc1)(c1ccccc1)c1ccccc1. The number of nitrogens with zero attached hydrogens (tertiary/aromatic N) is 2. The minimum absolute atomic E-state index is 0.0517. The lowest BCUT2D eigenvalue weighted by molar-refractivity contribution is -0.123. The first-order valence-corrected chi connectivity index (χ1v) is 13.9. The molecule has 0 aromatic heterocycles. The average molecular weight is 611 g/mol. The van der Waals surface area contributed by atoms with E-state index in [1.807, 2.05) is 72.5 Å². The van der Waals surface area contributed by atoms with Crippen LogP contribution in [-0.4, -0.2) is 37.2 Å². The summed E-state index contributed by atoms with van der Waals surface area (Å²) < 4.78 is 69.3. The van der Waals surface area contributed by atoms with E-state index in [2.05, 4.69) is 10.6 Å². The van der Waals surface area contributed by atoms with Gasteiger partial charge in [0.1, 0.15) is 5.69 Å². The van der Waals surface area contributed by atoms with E-state index in [0.717, 1.165) is 21.7 Å². The topological polar surface area (TPSA) is 47.6 Å². The van der Waals surface area contributed by atoms with Gasteiger partial charge in [-0.1, -0.05) is 60.7 Å². The molecule has 222 valence electrons. The Bertz CT molecular complexity index is 1560. The summed E-state index contributed by atoms with van der Waals surface area (Å²) in [5.74, 6) is -10.1.